The molecule has 1 aliphatic rings. The van der Waals surface area contributed by atoms with Gasteiger partial charge in [0.2, 0.25) is 5.91 Å². The molecule has 0 saturated heterocycles. The molecule has 3 rings (SSSR count). The maximum absolute atomic E-state index is 13.2. The smallest absolute Gasteiger partial charge is 0.264 e. The summed E-state index contributed by atoms with van der Waals surface area (Å²) in [6.45, 7) is 3.70. The van der Waals surface area contributed by atoms with Gasteiger partial charge < -0.3 is 5.32 Å². The minimum atomic E-state index is -3.68. The SMILES string of the molecule is CC(C)N(c1ccccc1)S(=O)(=O)c1ccc2c(c1)CCC(=O)N2. The van der Waals surface area contributed by atoms with Crippen molar-refractivity contribution in [3.05, 3.63) is 54.1 Å². The quantitative estimate of drug-likeness (QED) is 0.926. The van der Waals surface area contributed by atoms with Crippen molar-refractivity contribution in [3.8, 4) is 0 Å². The number of amides is 1. The Morgan fingerprint density at radius 3 is 2.42 bits per heavy atom. The van der Waals surface area contributed by atoms with Gasteiger partial charge in [0, 0.05) is 18.2 Å². The first-order valence-corrected chi connectivity index (χ1v) is 9.36. The zero-order chi connectivity index (χ0) is 17.3. The molecule has 1 amide bonds. The van der Waals surface area contributed by atoms with Crippen molar-refractivity contribution >= 4 is 27.3 Å². The van der Waals surface area contributed by atoms with E-state index in [-0.39, 0.29) is 16.8 Å². The number of fused-ring (bicyclic) bond motifs is 1. The van der Waals surface area contributed by atoms with Crippen LogP contribution in [0.15, 0.2) is 53.4 Å². The number of para-hydroxylation sites is 1. The zero-order valence-corrected chi connectivity index (χ0v) is 14.5. The summed E-state index contributed by atoms with van der Waals surface area (Å²) in [7, 11) is -3.68. The van der Waals surface area contributed by atoms with Crippen LogP contribution in [0.4, 0.5) is 11.4 Å². The van der Waals surface area contributed by atoms with Crippen molar-refractivity contribution in [2.24, 2.45) is 0 Å². The maximum Gasteiger partial charge on any atom is 0.264 e. The van der Waals surface area contributed by atoms with E-state index in [1.165, 1.54) is 4.31 Å². The Morgan fingerprint density at radius 2 is 1.75 bits per heavy atom. The van der Waals surface area contributed by atoms with Gasteiger partial charge in [0.15, 0.2) is 0 Å². The molecule has 2 aromatic carbocycles. The summed E-state index contributed by atoms with van der Waals surface area (Å²) in [5, 5.41) is 2.77. The number of aryl methyl sites for hydroxylation is 1. The van der Waals surface area contributed by atoms with Crippen LogP contribution in [-0.4, -0.2) is 20.4 Å². The zero-order valence-electron chi connectivity index (χ0n) is 13.7. The molecule has 126 valence electrons. The van der Waals surface area contributed by atoms with Crippen molar-refractivity contribution in [2.45, 2.75) is 37.6 Å². The average Bonchev–Trinajstić information content (AvgIpc) is 2.54. The van der Waals surface area contributed by atoms with Crippen molar-refractivity contribution in [1.82, 2.24) is 0 Å². The fourth-order valence-corrected chi connectivity index (χ4v) is 4.64. The van der Waals surface area contributed by atoms with Crippen LogP contribution in [0.1, 0.15) is 25.8 Å². The van der Waals surface area contributed by atoms with E-state index in [9.17, 15) is 13.2 Å². The molecule has 0 saturated carbocycles. The summed E-state index contributed by atoms with van der Waals surface area (Å²) in [6, 6.07) is 13.8. The maximum atomic E-state index is 13.2. The van der Waals surface area contributed by atoms with E-state index < -0.39 is 10.0 Å². The number of anilines is 2. The molecule has 6 heteroatoms. The largest absolute Gasteiger partial charge is 0.326 e. The van der Waals surface area contributed by atoms with E-state index >= 15 is 0 Å². The second-order valence-corrected chi connectivity index (χ2v) is 7.91. The van der Waals surface area contributed by atoms with Gasteiger partial charge in [0.05, 0.1) is 10.6 Å². The van der Waals surface area contributed by atoms with Gasteiger partial charge in [0.1, 0.15) is 0 Å². The Kier molecular flexibility index (Phi) is 4.32. The molecule has 0 unspecified atom stereocenters. The van der Waals surface area contributed by atoms with Crippen molar-refractivity contribution < 1.29 is 13.2 Å². The molecule has 1 N–H and O–H groups in total. The summed E-state index contributed by atoms with van der Waals surface area (Å²) in [4.78, 5) is 11.7. The lowest BCUT2D eigenvalue weighted by Crippen LogP contribution is -2.37. The van der Waals surface area contributed by atoms with Crippen molar-refractivity contribution in [1.29, 1.82) is 0 Å². The first kappa shape index (κ1) is 16.5. The monoisotopic (exact) mass is 344 g/mol. The second kappa shape index (κ2) is 6.28. The molecular formula is C18H20N2O3S. The molecule has 0 atom stereocenters. The van der Waals surface area contributed by atoms with Gasteiger partial charge in [-0.3, -0.25) is 9.10 Å². The molecule has 0 bridgehead atoms. The molecule has 1 heterocycles. The van der Waals surface area contributed by atoms with E-state index in [4.69, 9.17) is 0 Å². The number of rotatable bonds is 4. The Morgan fingerprint density at radius 1 is 1.04 bits per heavy atom. The predicted molar refractivity (Wildman–Crippen MR) is 94.6 cm³/mol. The lowest BCUT2D eigenvalue weighted by Gasteiger charge is -2.29. The number of hydrogen-bond acceptors (Lipinski definition) is 3. The third kappa shape index (κ3) is 3.01. The fraction of sp³-hybridized carbons (Fsp3) is 0.278. The number of carbonyl (C=O) groups excluding carboxylic acids is 1. The standard InChI is InChI=1S/C18H20N2O3S/c1-13(2)20(15-6-4-3-5-7-15)24(22,23)16-9-10-17-14(12-16)8-11-18(21)19-17/h3-7,9-10,12-13H,8,11H2,1-2H3,(H,19,21). The van der Waals surface area contributed by atoms with Crippen LogP contribution < -0.4 is 9.62 Å². The molecular weight excluding hydrogens is 324 g/mol. The topological polar surface area (TPSA) is 66.5 Å². The van der Waals surface area contributed by atoms with Crippen molar-refractivity contribution in [3.63, 3.8) is 0 Å². The van der Waals surface area contributed by atoms with Crippen LogP contribution in [-0.2, 0) is 21.2 Å². The van der Waals surface area contributed by atoms with E-state index in [0.29, 0.717) is 24.2 Å². The molecule has 1 aliphatic heterocycles. The van der Waals surface area contributed by atoms with Crippen LogP contribution in [0, 0.1) is 0 Å². The highest BCUT2D eigenvalue weighted by Gasteiger charge is 2.28. The number of nitrogens with zero attached hydrogens (tertiary/aromatic N) is 1. The molecule has 0 aliphatic carbocycles. The molecule has 0 fully saturated rings. The molecule has 24 heavy (non-hydrogen) atoms. The predicted octanol–water partition coefficient (Wildman–Crippen LogP) is 3.18. The van der Waals surface area contributed by atoms with Gasteiger partial charge in [-0.2, -0.15) is 0 Å². The van der Waals surface area contributed by atoms with Crippen LogP contribution in [0.3, 0.4) is 0 Å². The third-order valence-electron chi connectivity index (χ3n) is 4.01. The lowest BCUT2D eigenvalue weighted by molar-refractivity contribution is -0.116. The Hall–Kier alpha value is -2.34. The van der Waals surface area contributed by atoms with Gasteiger partial charge in [-0.05, 0) is 56.2 Å². The number of nitrogens with one attached hydrogen (secondary N) is 1. The normalized spacial score (nSPS) is 14.2. The molecule has 0 spiro atoms. The Balaban J connectivity index is 2.04. The van der Waals surface area contributed by atoms with Crippen LogP contribution in [0.5, 0.6) is 0 Å². The van der Waals surface area contributed by atoms with Crippen LogP contribution in [0.25, 0.3) is 0 Å². The summed E-state index contributed by atoms with van der Waals surface area (Å²) >= 11 is 0. The van der Waals surface area contributed by atoms with Gasteiger partial charge >= 0.3 is 0 Å². The lowest BCUT2D eigenvalue weighted by atomic mass is 10.0. The minimum Gasteiger partial charge on any atom is -0.326 e. The highest BCUT2D eigenvalue weighted by molar-refractivity contribution is 7.92. The molecule has 5 nitrogen and oxygen atoms in total. The molecule has 0 aromatic heterocycles. The summed E-state index contributed by atoms with van der Waals surface area (Å²) < 4.78 is 27.8. The fourth-order valence-electron chi connectivity index (χ4n) is 2.92. The van der Waals surface area contributed by atoms with E-state index in [1.807, 2.05) is 32.0 Å². The summed E-state index contributed by atoms with van der Waals surface area (Å²) in [5.41, 5.74) is 2.19. The number of hydrogen-bond donors (Lipinski definition) is 1. The van der Waals surface area contributed by atoms with Gasteiger partial charge in [-0.1, -0.05) is 18.2 Å². The van der Waals surface area contributed by atoms with E-state index in [0.717, 1.165) is 5.56 Å². The first-order valence-electron chi connectivity index (χ1n) is 7.92. The number of carbonyl (C=O) groups is 1. The number of sulfonamides is 1. The van der Waals surface area contributed by atoms with Gasteiger partial charge in [0.25, 0.3) is 10.0 Å². The third-order valence-corrected chi connectivity index (χ3v) is 6.01. The second-order valence-electron chi connectivity index (χ2n) is 6.10. The van der Waals surface area contributed by atoms with Crippen LogP contribution >= 0.6 is 0 Å². The molecule has 0 radical (unpaired) electrons. The molecule has 2 aromatic rings. The highest BCUT2D eigenvalue weighted by Crippen LogP contribution is 2.30. The van der Waals surface area contributed by atoms with Gasteiger partial charge in [-0.15, -0.1) is 0 Å². The first-order chi connectivity index (χ1) is 11.4. The average molecular weight is 344 g/mol. The summed E-state index contributed by atoms with van der Waals surface area (Å²) in [6.07, 6.45) is 0.931. The Labute approximate surface area is 142 Å². The highest BCUT2D eigenvalue weighted by atomic mass is 32.2. The van der Waals surface area contributed by atoms with E-state index in [1.54, 1.807) is 30.3 Å². The minimum absolute atomic E-state index is 0.0359. The van der Waals surface area contributed by atoms with E-state index in [2.05, 4.69) is 5.32 Å². The van der Waals surface area contributed by atoms with Gasteiger partial charge in [-0.25, -0.2) is 8.42 Å². The Bertz CT molecular complexity index is 861. The van der Waals surface area contributed by atoms with Crippen LogP contribution in [0.2, 0.25) is 0 Å². The number of benzene rings is 2. The summed E-state index contributed by atoms with van der Waals surface area (Å²) in [5.74, 6) is -0.0359. The van der Waals surface area contributed by atoms with Crippen molar-refractivity contribution in [2.75, 3.05) is 9.62 Å².